The van der Waals surface area contributed by atoms with Crippen molar-refractivity contribution in [3.63, 3.8) is 0 Å². The Morgan fingerprint density at radius 1 is 1.09 bits per heavy atom. The van der Waals surface area contributed by atoms with E-state index in [1.54, 1.807) is 31.3 Å². The van der Waals surface area contributed by atoms with Crippen molar-refractivity contribution in [1.29, 1.82) is 0 Å². The number of nitrogens with two attached hydrogens (primary N) is 1. The molecule has 0 aliphatic carbocycles. The number of halogens is 3. The van der Waals surface area contributed by atoms with Crippen molar-refractivity contribution in [3.8, 4) is 22.7 Å². The number of nitrogens with zero attached hydrogens (tertiary/aromatic N) is 5. The van der Waals surface area contributed by atoms with E-state index in [2.05, 4.69) is 20.4 Å². The van der Waals surface area contributed by atoms with Gasteiger partial charge in [0.15, 0.2) is 0 Å². The van der Waals surface area contributed by atoms with E-state index >= 15 is 0 Å². The number of carbonyl (C=O) groups is 1. The number of alkyl halides is 3. The molecule has 6 rings (SSSR count). The lowest BCUT2D eigenvalue weighted by molar-refractivity contribution is -0.198. The van der Waals surface area contributed by atoms with Crippen LogP contribution in [0.2, 0.25) is 0 Å². The second-order valence-corrected chi connectivity index (χ2v) is 11.5. The van der Waals surface area contributed by atoms with Gasteiger partial charge in [-0.1, -0.05) is 42.5 Å². The molecule has 2 aliphatic heterocycles. The lowest BCUT2D eigenvalue weighted by Gasteiger charge is -2.39. The molecule has 13 heteroatoms. The zero-order valence-electron chi connectivity index (χ0n) is 24.0. The van der Waals surface area contributed by atoms with Gasteiger partial charge in [-0.2, -0.15) is 28.2 Å². The van der Waals surface area contributed by atoms with Gasteiger partial charge in [0.25, 0.3) is 0 Å². The summed E-state index contributed by atoms with van der Waals surface area (Å²) in [6.07, 6.45) is -3.64. The molecule has 4 aromatic rings. The fourth-order valence-electron chi connectivity index (χ4n) is 6.09. The number of piperidine rings is 1. The van der Waals surface area contributed by atoms with Gasteiger partial charge in [0.1, 0.15) is 11.9 Å². The summed E-state index contributed by atoms with van der Waals surface area (Å²) >= 11 is 0. The zero-order valence-corrected chi connectivity index (χ0v) is 24.0. The van der Waals surface area contributed by atoms with Crippen LogP contribution < -0.4 is 20.7 Å². The molecular formula is C31H32F3N7O3. The highest BCUT2D eigenvalue weighted by Gasteiger charge is 2.46. The molecule has 2 aliphatic rings. The first-order chi connectivity index (χ1) is 21.0. The molecule has 2 fully saturated rings. The quantitative estimate of drug-likeness (QED) is 0.268. The lowest BCUT2D eigenvalue weighted by Crippen LogP contribution is -2.41. The topological polar surface area (TPSA) is 131 Å². The number of ether oxygens (including phenoxy) is 1. The summed E-state index contributed by atoms with van der Waals surface area (Å²) in [5, 5.41) is 16.8. The summed E-state index contributed by atoms with van der Waals surface area (Å²) in [6, 6.07) is 16.6. The molecule has 230 valence electrons. The second kappa shape index (κ2) is 11.5. The molecule has 0 amide bonds. The van der Waals surface area contributed by atoms with E-state index in [0.717, 1.165) is 11.1 Å². The molecule has 4 heterocycles. The average molecular weight is 608 g/mol. The first-order valence-corrected chi connectivity index (χ1v) is 14.3. The van der Waals surface area contributed by atoms with E-state index in [0.29, 0.717) is 50.4 Å². The fourth-order valence-corrected chi connectivity index (χ4v) is 6.09. The molecule has 0 unspecified atom stereocenters. The maximum absolute atomic E-state index is 14.7. The van der Waals surface area contributed by atoms with Crippen LogP contribution in [0.5, 0.6) is 5.88 Å². The Kier molecular flexibility index (Phi) is 7.66. The van der Waals surface area contributed by atoms with Gasteiger partial charge < -0.3 is 25.8 Å². The summed E-state index contributed by atoms with van der Waals surface area (Å²) in [7, 11) is 0. The predicted molar refractivity (Wildman–Crippen MR) is 158 cm³/mol. The predicted octanol–water partition coefficient (Wildman–Crippen LogP) is 4.94. The first kappa shape index (κ1) is 29.4. The summed E-state index contributed by atoms with van der Waals surface area (Å²) in [4.78, 5) is 21.6. The Bertz CT molecular complexity index is 1650. The zero-order chi connectivity index (χ0) is 31.1. The normalized spacial score (nSPS) is 18.8. The number of aryl methyl sites for hydroxylation is 1. The van der Waals surface area contributed by atoms with Crippen LogP contribution in [0.15, 0.2) is 66.9 Å². The van der Waals surface area contributed by atoms with Gasteiger partial charge in [0, 0.05) is 37.5 Å². The van der Waals surface area contributed by atoms with Crippen LogP contribution in [0.25, 0.3) is 16.8 Å². The third kappa shape index (κ3) is 6.05. The molecule has 2 saturated heterocycles. The minimum absolute atomic E-state index is 0.138. The molecule has 0 saturated carbocycles. The van der Waals surface area contributed by atoms with Crippen LogP contribution in [-0.4, -0.2) is 62.7 Å². The minimum Gasteiger partial charge on any atom is -0.480 e. The Morgan fingerprint density at radius 3 is 2.48 bits per heavy atom. The van der Waals surface area contributed by atoms with Gasteiger partial charge in [-0.25, -0.2) is 4.68 Å². The molecular weight excluding hydrogens is 575 g/mol. The average Bonchev–Trinajstić information content (AvgIpc) is 3.62. The maximum Gasteiger partial charge on any atom is 0.429 e. The highest BCUT2D eigenvalue weighted by molar-refractivity contribution is 5.74. The number of aliphatic carboxylic acids is 1. The first-order valence-electron chi connectivity index (χ1n) is 14.3. The van der Waals surface area contributed by atoms with Gasteiger partial charge in [0.2, 0.25) is 17.9 Å². The number of aromatic nitrogens is 4. The summed E-state index contributed by atoms with van der Waals surface area (Å²) < 4.78 is 51.3. The van der Waals surface area contributed by atoms with Crippen LogP contribution in [-0.2, 0) is 4.79 Å². The SMILES string of the molecule is Cc1ccn(-c2cc(-c3ccccc3)ccc2[C@@H](Oc2cc(N3CCC4(CC3)CN[C@H](C(=O)O)C4)nc(N)n2)C(F)(F)F)n1. The Labute approximate surface area is 251 Å². The number of nitrogens with one attached hydrogen (secondary N) is 1. The molecule has 4 N–H and O–H groups in total. The molecule has 0 bridgehead atoms. The Balaban J connectivity index is 1.30. The van der Waals surface area contributed by atoms with Gasteiger partial charge in [-0.05, 0) is 54.9 Å². The minimum atomic E-state index is -4.81. The lowest BCUT2D eigenvalue weighted by atomic mass is 9.76. The number of nitrogen functional groups attached to an aromatic ring is 1. The molecule has 2 aromatic heterocycles. The molecule has 2 atom stereocenters. The highest BCUT2D eigenvalue weighted by Crippen LogP contribution is 2.42. The smallest absolute Gasteiger partial charge is 0.429 e. The maximum atomic E-state index is 14.7. The molecule has 44 heavy (non-hydrogen) atoms. The number of benzene rings is 2. The third-order valence-electron chi connectivity index (χ3n) is 8.44. The van der Waals surface area contributed by atoms with E-state index in [1.165, 1.54) is 16.8 Å². The van der Waals surface area contributed by atoms with Crippen molar-refractivity contribution < 1.29 is 27.8 Å². The van der Waals surface area contributed by atoms with Crippen LogP contribution in [0, 0.1) is 12.3 Å². The van der Waals surface area contributed by atoms with E-state index in [1.807, 2.05) is 35.2 Å². The molecule has 2 aromatic carbocycles. The van der Waals surface area contributed by atoms with Gasteiger partial charge in [-0.15, -0.1) is 0 Å². The summed E-state index contributed by atoms with van der Waals surface area (Å²) in [5.74, 6) is -1.03. The Hall–Kier alpha value is -4.65. The van der Waals surface area contributed by atoms with Crippen molar-refractivity contribution in [3.05, 3.63) is 78.1 Å². The number of hydrogen-bond donors (Lipinski definition) is 3. The number of carboxylic acid groups (broad SMARTS) is 1. The number of rotatable bonds is 7. The van der Waals surface area contributed by atoms with Crippen molar-refractivity contribution in [2.75, 3.05) is 30.3 Å². The van der Waals surface area contributed by atoms with E-state index in [4.69, 9.17) is 10.5 Å². The van der Waals surface area contributed by atoms with Gasteiger partial charge >= 0.3 is 12.1 Å². The number of hydrogen-bond acceptors (Lipinski definition) is 8. The number of carboxylic acids is 1. The number of anilines is 2. The van der Waals surface area contributed by atoms with Crippen LogP contribution >= 0.6 is 0 Å². The molecule has 0 radical (unpaired) electrons. The largest absolute Gasteiger partial charge is 0.480 e. The monoisotopic (exact) mass is 607 g/mol. The van der Waals surface area contributed by atoms with Crippen molar-refractivity contribution >= 4 is 17.7 Å². The second-order valence-electron chi connectivity index (χ2n) is 11.5. The highest BCUT2D eigenvalue weighted by atomic mass is 19.4. The van der Waals surface area contributed by atoms with E-state index in [9.17, 15) is 23.1 Å². The van der Waals surface area contributed by atoms with E-state index < -0.39 is 24.3 Å². The summed E-state index contributed by atoms with van der Waals surface area (Å²) in [5.41, 5.74) is 8.11. The fraction of sp³-hybridized carbons (Fsp3) is 0.355. The van der Waals surface area contributed by atoms with Crippen LogP contribution in [0.3, 0.4) is 0 Å². The standard InChI is InChI=1S/C31H32F3N7O3/c1-19-9-12-41(39-19)24-15-21(20-5-3-2-4-6-20)7-8-22(24)27(31(32,33)34)44-26-16-25(37-29(35)38-26)40-13-10-30(11-14-40)17-23(28(42)43)36-18-30/h2-9,12,15-16,23,27,36H,10-11,13-14,17-18H2,1H3,(H,42,43)(H2,35,37,38)/t23-,27+/m0/s1. The summed E-state index contributed by atoms with van der Waals surface area (Å²) in [6.45, 7) is 3.44. The van der Waals surface area contributed by atoms with Crippen LogP contribution in [0.4, 0.5) is 24.9 Å². The Morgan fingerprint density at radius 2 is 1.84 bits per heavy atom. The van der Waals surface area contributed by atoms with Crippen LogP contribution in [0.1, 0.15) is 36.6 Å². The van der Waals surface area contributed by atoms with E-state index in [-0.39, 0.29) is 28.5 Å². The third-order valence-corrected chi connectivity index (χ3v) is 8.44. The van der Waals surface area contributed by atoms with Crippen molar-refractivity contribution in [2.24, 2.45) is 5.41 Å². The van der Waals surface area contributed by atoms with Gasteiger partial charge in [0.05, 0.1) is 11.4 Å². The van der Waals surface area contributed by atoms with Crippen molar-refractivity contribution in [2.45, 2.75) is 44.5 Å². The molecule has 10 nitrogen and oxygen atoms in total. The molecule has 1 spiro atoms. The van der Waals surface area contributed by atoms with Crippen molar-refractivity contribution in [1.82, 2.24) is 25.1 Å². The van der Waals surface area contributed by atoms with Gasteiger partial charge in [-0.3, -0.25) is 4.79 Å².